The van der Waals surface area contributed by atoms with Crippen LogP contribution in [0.5, 0.6) is 0 Å². The number of fused-ring (bicyclic) bond motifs is 1. The van der Waals surface area contributed by atoms with Crippen LogP contribution in [0.2, 0.25) is 0 Å². The molecule has 0 atom stereocenters. The van der Waals surface area contributed by atoms with Gasteiger partial charge in [-0.15, -0.1) is 34.0 Å². The van der Waals surface area contributed by atoms with Crippen LogP contribution in [0.4, 0.5) is 0 Å². The number of benzene rings is 1. The van der Waals surface area contributed by atoms with E-state index < -0.39 is 0 Å². The summed E-state index contributed by atoms with van der Waals surface area (Å²) < 4.78 is 1.17. The molecule has 4 aromatic rings. The Labute approximate surface area is 201 Å². The highest BCUT2D eigenvalue weighted by atomic mass is 79.9. The van der Waals surface area contributed by atoms with Crippen LogP contribution >= 0.6 is 49.9 Å². The lowest BCUT2D eigenvalue weighted by Crippen LogP contribution is -1.99. The average Bonchev–Trinajstić information content (AvgIpc) is 3.46. The lowest BCUT2D eigenvalue weighted by Gasteiger charge is -1.94. The van der Waals surface area contributed by atoms with Crippen LogP contribution in [-0.4, -0.2) is 11.6 Å². The van der Waals surface area contributed by atoms with E-state index in [1.54, 1.807) is 64.4 Å². The van der Waals surface area contributed by atoms with E-state index in [-0.39, 0.29) is 17.1 Å². The second-order valence-corrected chi connectivity index (χ2v) is 12.1. The van der Waals surface area contributed by atoms with Gasteiger partial charge in [0.05, 0.1) is 9.36 Å². The standard InChI is InChI=1S/C25H17BrO2S3/c1-12-8-15(11-18-21(27)16-6-4-5-7-17(16)22(18)28)29-23(12)19-9-13(2)24(30-19)20-10-14(3)25(26)31-20/h4-11H,1-3H3. The number of allylic oxidation sites excluding steroid dienone is 1. The molecule has 154 valence electrons. The summed E-state index contributed by atoms with van der Waals surface area (Å²) >= 11 is 8.82. The van der Waals surface area contributed by atoms with Crippen molar-refractivity contribution in [2.24, 2.45) is 0 Å². The van der Waals surface area contributed by atoms with Crippen LogP contribution in [0, 0.1) is 20.8 Å². The van der Waals surface area contributed by atoms with Crippen LogP contribution in [0.15, 0.2) is 51.8 Å². The zero-order valence-corrected chi connectivity index (χ0v) is 21.1. The Hall–Kier alpha value is -2.12. The van der Waals surface area contributed by atoms with Crippen molar-refractivity contribution in [1.29, 1.82) is 0 Å². The number of rotatable bonds is 3. The number of halogens is 1. The van der Waals surface area contributed by atoms with Crippen LogP contribution in [0.1, 0.15) is 42.3 Å². The van der Waals surface area contributed by atoms with Crippen molar-refractivity contribution < 1.29 is 9.59 Å². The van der Waals surface area contributed by atoms with E-state index in [0.717, 1.165) is 10.4 Å². The minimum absolute atomic E-state index is 0.180. The van der Waals surface area contributed by atoms with Gasteiger partial charge in [-0.1, -0.05) is 24.3 Å². The van der Waals surface area contributed by atoms with E-state index in [9.17, 15) is 9.59 Å². The predicted octanol–water partition coefficient (Wildman–Crippen LogP) is 8.36. The van der Waals surface area contributed by atoms with Gasteiger partial charge in [0.25, 0.3) is 0 Å². The molecule has 3 heterocycles. The first-order valence-electron chi connectivity index (χ1n) is 9.71. The van der Waals surface area contributed by atoms with Gasteiger partial charge in [0, 0.05) is 35.5 Å². The molecule has 0 radical (unpaired) electrons. The quantitative estimate of drug-likeness (QED) is 0.199. The molecule has 0 amide bonds. The first-order valence-corrected chi connectivity index (χ1v) is 13.0. The molecular formula is C25H17BrO2S3. The summed E-state index contributed by atoms with van der Waals surface area (Å²) in [5, 5.41) is 0. The zero-order valence-electron chi connectivity index (χ0n) is 17.0. The predicted molar refractivity (Wildman–Crippen MR) is 136 cm³/mol. The van der Waals surface area contributed by atoms with Crippen molar-refractivity contribution >= 4 is 67.6 Å². The summed E-state index contributed by atoms with van der Waals surface area (Å²) in [5.41, 5.74) is 4.94. The number of Topliss-reactive ketones (excluding diaryl/α,β-unsaturated/α-hetero) is 2. The van der Waals surface area contributed by atoms with E-state index >= 15 is 0 Å². The lowest BCUT2D eigenvalue weighted by molar-refractivity contribution is 0.0990. The van der Waals surface area contributed by atoms with Gasteiger partial charge in [-0.25, -0.2) is 0 Å². The van der Waals surface area contributed by atoms with Gasteiger partial charge in [0.15, 0.2) is 11.6 Å². The number of thiophene rings is 3. The summed E-state index contributed by atoms with van der Waals surface area (Å²) in [7, 11) is 0. The van der Waals surface area contributed by atoms with Crippen LogP contribution in [0.25, 0.3) is 25.6 Å². The summed E-state index contributed by atoms with van der Waals surface area (Å²) in [6.45, 7) is 6.35. The van der Waals surface area contributed by atoms with E-state index in [1.807, 2.05) is 0 Å². The van der Waals surface area contributed by atoms with Crippen molar-refractivity contribution in [2.75, 3.05) is 0 Å². The van der Waals surface area contributed by atoms with Crippen LogP contribution < -0.4 is 0 Å². The fraction of sp³-hybridized carbons (Fsp3) is 0.120. The molecular weight excluding hydrogens is 508 g/mol. The topological polar surface area (TPSA) is 34.1 Å². The molecule has 5 rings (SSSR count). The molecule has 1 aliphatic rings. The normalized spacial score (nSPS) is 13.2. The third kappa shape index (κ3) is 3.52. The number of carbonyl (C=O) groups is 2. The van der Waals surface area contributed by atoms with Crippen molar-refractivity contribution in [1.82, 2.24) is 0 Å². The molecule has 0 aliphatic heterocycles. The maximum absolute atomic E-state index is 12.7. The summed E-state index contributed by atoms with van der Waals surface area (Å²) in [5.74, 6) is -0.359. The fourth-order valence-corrected chi connectivity index (χ4v) is 7.94. The molecule has 0 spiro atoms. The Kier molecular flexibility index (Phi) is 5.21. The largest absolute Gasteiger partial charge is 0.288 e. The molecule has 31 heavy (non-hydrogen) atoms. The minimum Gasteiger partial charge on any atom is -0.288 e. The second-order valence-electron chi connectivity index (χ2n) is 7.61. The average molecular weight is 526 g/mol. The molecule has 0 N–H and O–H groups in total. The van der Waals surface area contributed by atoms with Crippen molar-refractivity contribution in [3.8, 4) is 19.5 Å². The fourth-order valence-electron chi connectivity index (χ4n) is 3.78. The molecule has 1 aliphatic carbocycles. The molecule has 0 unspecified atom stereocenters. The maximum atomic E-state index is 12.7. The Morgan fingerprint density at radius 1 is 0.742 bits per heavy atom. The minimum atomic E-state index is -0.180. The first-order chi connectivity index (χ1) is 14.8. The first kappa shape index (κ1) is 20.8. The highest BCUT2D eigenvalue weighted by Gasteiger charge is 2.32. The van der Waals surface area contributed by atoms with Crippen LogP contribution in [0.3, 0.4) is 0 Å². The number of aryl methyl sites for hydroxylation is 3. The van der Waals surface area contributed by atoms with Gasteiger partial charge >= 0.3 is 0 Å². The van der Waals surface area contributed by atoms with E-state index in [1.165, 1.54) is 34.4 Å². The number of hydrogen-bond acceptors (Lipinski definition) is 5. The van der Waals surface area contributed by atoms with E-state index in [2.05, 4.69) is 54.9 Å². The summed E-state index contributed by atoms with van der Waals surface area (Å²) in [6.07, 6.45) is 1.76. The SMILES string of the molecule is Cc1cc(-c2sc(-c3sc(C=C4C(=O)c5ccccc5C4=O)cc3C)cc2C)sc1Br. The van der Waals surface area contributed by atoms with Crippen LogP contribution in [-0.2, 0) is 0 Å². The number of hydrogen-bond donors (Lipinski definition) is 0. The van der Waals surface area contributed by atoms with Gasteiger partial charge in [0.1, 0.15) is 0 Å². The summed E-state index contributed by atoms with van der Waals surface area (Å²) in [6, 6.07) is 13.6. The highest BCUT2D eigenvalue weighted by Crippen LogP contribution is 2.45. The highest BCUT2D eigenvalue weighted by molar-refractivity contribution is 9.11. The van der Waals surface area contributed by atoms with Gasteiger partial charge < -0.3 is 0 Å². The lowest BCUT2D eigenvalue weighted by atomic mass is 10.1. The Morgan fingerprint density at radius 3 is 1.90 bits per heavy atom. The van der Waals surface area contributed by atoms with Gasteiger partial charge in [-0.3, -0.25) is 9.59 Å². The maximum Gasteiger partial charge on any atom is 0.197 e. The second kappa shape index (κ2) is 7.78. The van der Waals surface area contributed by atoms with Gasteiger partial charge in [-0.05, 0) is 77.7 Å². The zero-order chi connectivity index (χ0) is 21.9. The van der Waals surface area contributed by atoms with Crippen molar-refractivity contribution in [2.45, 2.75) is 20.8 Å². The monoisotopic (exact) mass is 524 g/mol. The molecule has 0 saturated heterocycles. The molecule has 3 aromatic heterocycles. The Bertz CT molecular complexity index is 1360. The molecule has 1 aromatic carbocycles. The van der Waals surface area contributed by atoms with Crippen molar-refractivity contribution in [3.63, 3.8) is 0 Å². The third-order valence-corrected chi connectivity index (χ3v) is 10.3. The van der Waals surface area contributed by atoms with Crippen molar-refractivity contribution in [3.05, 3.63) is 84.5 Å². The Balaban J connectivity index is 1.52. The molecule has 0 fully saturated rings. The Morgan fingerprint density at radius 2 is 1.29 bits per heavy atom. The van der Waals surface area contributed by atoms with E-state index in [4.69, 9.17) is 0 Å². The van der Waals surface area contributed by atoms with Gasteiger partial charge in [-0.2, -0.15) is 0 Å². The molecule has 6 heteroatoms. The van der Waals surface area contributed by atoms with E-state index in [0.29, 0.717) is 11.1 Å². The summed E-state index contributed by atoms with van der Waals surface area (Å²) in [4.78, 5) is 31.3. The molecule has 2 nitrogen and oxygen atoms in total. The van der Waals surface area contributed by atoms with Gasteiger partial charge in [0.2, 0.25) is 0 Å². The number of ketones is 2. The molecule has 0 bridgehead atoms. The smallest absolute Gasteiger partial charge is 0.197 e. The third-order valence-electron chi connectivity index (χ3n) is 5.35. The molecule has 0 saturated carbocycles. The number of carbonyl (C=O) groups excluding carboxylic acids is 2.